The average molecular weight is 260 g/mol. The summed E-state index contributed by atoms with van der Waals surface area (Å²) in [4.78, 5) is 2.43. The fourth-order valence-corrected chi connectivity index (χ4v) is 3.32. The molecule has 2 heteroatoms. The fourth-order valence-electron chi connectivity index (χ4n) is 3.32. The first-order valence-electron chi connectivity index (χ1n) is 7.54. The smallest absolute Gasteiger partial charge is 0.0230 e. The largest absolute Gasteiger partial charge is 0.327 e. The van der Waals surface area contributed by atoms with Crippen molar-refractivity contribution in [2.45, 2.75) is 45.7 Å². The van der Waals surface area contributed by atoms with Gasteiger partial charge in [0.2, 0.25) is 0 Å². The average Bonchev–Trinajstić information content (AvgIpc) is 2.34. The van der Waals surface area contributed by atoms with Crippen molar-refractivity contribution in [3.63, 3.8) is 0 Å². The lowest BCUT2D eigenvalue weighted by molar-refractivity contribution is 0.177. The SMILES string of the molecule is Cc1cccc(CN(C)CC2CC(C)CCC2N)c1. The predicted molar refractivity (Wildman–Crippen MR) is 82.0 cm³/mol. The van der Waals surface area contributed by atoms with E-state index in [1.807, 2.05) is 0 Å². The van der Waals surface area contributed by atoms with Gasteiger partial charge in [-0.3, -0.25) is 0 Å². The molecule has 0 saturated heterocycles. The molecular weight excluding hydrogens is 232 g/mol. The minimum Gasteiger partial charge on any atom is -0.327 e. The van der Waals surface area contributed by atoms with E-state index < -0.39 is 0 Å². The number of aryl methyl sites for hydroxylation is 1. The van der Waals surface area contributed by atoms with Gasteiger partial charge in [-0.25, -0.2) is 0 Å². The number of hydrogen-bond donors (Lipinski definition) is 1. The van der Waals surface area contributed by atoms with E-state index in [1.54, 1.807) is 0 Å². The zero-order chi connectivity index (χ0) is 13.8. The first-order chi connectivity index (χ1) is 9.04. The summed E-state index contributed by atoms with van der Waals surface area (Å²) < 4.78 is 0. The van der Waals surface area contributed by atoms with Gasteiger partial charge in [0.1, 0.15) is 0 Å². The van der Waals surface area contributed by atoms with Crippen LogP contribution >= 0.6 is 0 Å². The molecule has 2 rings (SSSR count). The van der Waals surface area contributed by atoms with Crippen molar-refractivity contribution in [3.8, 4) is 0 Å². The summed E-state index contributed by atoms with van der Waals surface area (Å²) >= 11 is 0. The Bertz CT molecular complexity index is 402. The zero-order valence-electron chi connectivity index (χ0n) is 12.6. The second kappa shape index (κ2) is 6.53. The Kier molecular flexibility index (Phi) is 5.00. The summed E-state index contributed by atoms with van der Waals surface area (Å²) in [6.07, 6.45) is 3.79. The maximum absolute atomic E-state index is 6.28. The van der Waals surface area contributed by atoms with E-state index >= 15 is 0 Å². The lowest BCUT2D eigenvalue weighted by Crippen LogP contribution is -2.41. The summed E-state index contributed by atoms with van der Waals surface area (Å²) in [5, 5.41) is 0. The van der Waals surface area contributed by atoms with Crippen LogP contribution in [0.15, 0.2) is 24.3 Å². The second-order valence-corrected chi connectivity index (χ2v) is 6.53. The summed E-state index contributed by atoms with van der Waals surface area (Å²) in [7, 11) is 2.22. The Hall–Kier alpha value is -0.860. The van der Waals surface area contributed by atoms with Gasteiger partial charge in [0.05, 0.1) is 0 Å². The van der Waals surface area contributed by atoms with Crippen molar-refractivity contribution in [3.05, 3.63) is 35.4 Å². The lowest BCUT2D eigenvalue weighted by Gasteiger charge is -2.35. The van der Waals surface area contributed by atoms with Crippen LogP contribution in [-0.4, -0.2) is 24.5 Å². The van der Waals surface area contributed by atoms with Crippen molar-refractivity contribution >= 4 is 0 Å². The summed E-state index contributed by atoms with van der Waals surface area (Å²) in [6, 6.07) is 9.19. The zero-order valence-corrected chi connectivity index (χ0v) is 12.6. The fraction of sp³-hybridized carbons (Fsp3) is 0.647. The molecule has 0 heterocycles. The maximum atomic E-state index is 6.28. The molecule has 3 atom stereocenters. The monoisotopic (exact) mass is 260 g/mol. The van der Waals surface area contributed by atoms with E-state index in [2.05, 4.69) is 50.1 Å². The summed E-state index contributed by atoms with van der Waals surface area (Å²) in [6.45, 7) is 6.67. The molecular formula is C17H28N2. The summed E-state index contributed by atoms with van der Waals surface area (Å²) in [5.74, 6) is 1.51. The second-order valence-electron chi connectivity index (χ2n) is 6.53. The number of nitrogens with zero attached hydrogens (tertiary/aromatic N) is 1. The van der Waals surface area contributed by atoms with Gasteiger partial charge in [0, 0.05) is 19.1 Å². The molecule has 1 saturated carbocycles. The molecule has 2 N–H and O–H groups in total. The Labute approximate surface area is 118 Å². The van der Waals surface area contributed by atoms with Gasteiger partial charge in [-0.15, -0.1) is 0 Å². The van der Waals surface area contributed by atoms with Gasteiger partial charge >= 0.3 is 0 Å². The molecule has 1 aromatic carbocycles. The molecule has 1 fully saturated rings. The molecule has 3 unspecified atom stereocenters. The van der Waals surface area contributed by atoms with E-state index in [4.69, 9.17) is 5.73 Å². The van der Waals surface area contributed by atoms with Gasteiger partial charge in [-0.05, 0) is 50.6 Å². The summed E-state index contributed by atoms with van der Waals surface area (Å²) in [5.41, 5.74) is 9.02. The Balaban J connectivity index is 1.88. The number of benzene rings is 1. The molecule has 0 radical (unpaired) electrons. The molecule has 1 aliphatic carbocycles. The van der Waals surface area contributed by atoms with Crippen LogP contribution < -0.4 is 5.73 Å². The topological polar surface area (TPSA) is 29.3 Å². The first-order valence-corrected chi connectivity index (χ1v) is 7.54. The van der Waals surface area contributed by atoms with Gasteiger partial charge in [0.25, 0.3) is 0 Å². The molecule has 1 aliphatic rings. The van der Waals surface area contributed by atoms with E-state index in [0.29, 0.717) is 12.0 Å². The molecule has 0 spiro atoms. The van der Waals surface area contributed by atoms with Crippen LogP contribution in [0.1, 0.15) is 37.3 Å². The van der Waals surface area contributed by atoms with Crippen LogP contribution in [-0.2, 0) is 6.54 Å². The molecule has 2 nitrogen and oxygen atoms in total. The van der Waals surface area contributed by atoms with Crippen LogP contribution in [0.2, 0.25) is 0 Å². The highest BCUT2D eigenvalue weighted by atomic mass is 15.1. The highest BCUT2D eigenvalue weighted by molar-refractivity contribution is 5.22. The third-order valence-corrected chi connectivity index (χ3v) is 4.38. The first kappa shape index (κ1) is 14.5. The Morgan fingerprint density at radius 3 is 2.84 bits per heavy atom. The van der Waals surface area contributed by atoms with Crippen molar-refractivity contribution in [1.29, 1.82) is 0 Å². The Morgan fingerprint density at radius 2 is 2.11 bits per heavy atom. The van der Waals surface area contributed by atoms with E-state index in [1.165, 1.54) is 30.4 Å². The highest BCUT2D eigenvalue weighted by Crippen LogP contribution is 2.28. The molecule has 106 valence electrons. The quantitative estimate of drug-likeness (QED) is 0.901. The van der Waals surface area contributed by atoms with Gasteiger partial charge in [-0.1, -0.05) is 36.8 Å². The Morgan fingerprint density at radius 1 is 1.32 bits per heavy atom. The van der Waals surface area contributed by atoms with Crippen LogP contribution in [0.4, 0.5) is 0 Å². The van der Waals surface area contributed by atoms with Crippen LogP contribution in [0, 0.1) is 18.8 Å². The number of hydrogen-bond acceptors (Lipinski definition) is 2. The van der Waals surface area contributed by atoms with Gasteiger partial charge in [0.15, 0.2) is 0 Å². The van der Waals surface area contributed by atoms with Crippen molar-refractivity contribution < 1.29 is 0 Å². The van der Waals surface area contributed by atoms with E-state index in [9.17, 15) is 0 Å². The van der Waals surface area contributed by atoms with Gasteiger partial charge in [-0.2, -0.15) is 0 Å². The molecule has 19 heavy (non-hydrogen) atoms. The van der Waals surface area contributed by atoms with Crippen molar-refractivity contribution in [2.24, 2.45) is 17.6 Å². The van der Waals surface area contributed by atoms with Crippen molar-refractivity contribution in [1.82, 2.24) is 4.90 Å². The molecule has 0 aromatic heterocycles. The van der Waals surface area contributed by atoms with E-state index in [-0.39, 0.29) is 0 Å². The lowest BCUT2D eigenvalue weighted by atomic mass is 9.79. The third-order valence-electron chi connectivity index (χ3n) is 4.38. The number of nitrogens with two attached hydrogens (primary N) is 1. The third kappa shape index (κ3) is 4.32. The predicted octanol–water partition coefficient (Wildman–Crippen LogP) is 3.19. The normalized spacial score (nSPS) is 27.7. The maximum Gasteiger partial charge on any atom is 0.0230 e. The molecule has 0 amide bonds. The minimum atomic E-state index is 0.399. The molecule has 0 aliphatic heterocycles. The molecule has 0 bridgehead atoms. The van der Waals surface area contributed by atoms with Crippen molar-refractivity contribution in [2.75, 3.05) is 13.6 Å². The van der Waals surface area contributed by atoms with Crippen LogP contribution in [0.5, 0.6) is 0 Å². The highest BCUT2D eigenvalue weighted by Gasteiger charge is 2.26. The standard InChI is InChI=1S/C17H28N2/c1-13-5-4-6-15(9-13)11-19(3)12-16-10-14(2)7-8-17(16)18/h4-6,9,14,16-17H,7-8,10-12,18H2,1-3H3. The van der Waals surface area contributed by atoms with Crippen LogP contribution in [0.25, 0.3) is 0 Å². The molecule has 1 aromatic rings. The minimum absolute atomic E-state index is 0.399. The van der Waals surface area contributed by atoms with Crippen LogP contribution in [0.3, 0.4) is 0 Å². The number of rotatable bonds is 4. The van der Waals surface area contributed by atoms with E-state index in [0.717, 1.165) is 19.0 Å². The van der Waals surface area contributed by atoms with Gasteiger partial charge < -0.3 is 10.6 Å².